The van der Waals surface area contributed by atoms with E-state index in [9.17, 15) is 18.0 Å². The van der Waals surface area contributed by atoms with E-state index in [0.29, 0.717) is 5.56 Å². The third-order valence-corrected chi connectivity index (χ3v) is 4.06. The molecule has 0 saturated heterocycles. The van der Waals surface area contributed by atoms with Crippen LogP contribution in [0.15, 0.2) is 42.5 Å². The Morgan fingerprint density at radius 1 is 1.00 bits per heavy atom. The van der Waals surface area contributed by atoms with Crippen molar-refractivity contribution in [2.24, 2.45) is 0 Å². The van der Waals surface area contributed by atoms with Crippen LogP contribution in [0.25, 0.3) is 0 Å². The van der Waals surface area contributed by atoms with E-state index in [1.54, 1.807) is 0 Å². The van der Waals surface area contributed by atoms with Crippen LogP contribution in [0.1, 0.15) is 28.7 Å². The van der Waals surface area contributed by atoms with Crippen LogP contribution >= 0.6 is 0 Å². The van der Waals surface area contributed by atoms with Gasteiger partial charge in [0, 0.05) is 12.8 Å². The molecule has 2 aromatic carbocycles. The summed E-state index contributed by atoms with van der Waals surface area (Å²) < 4.78 is 43.1. The Balaban J connectivity index is 1.63. The van der Waals surface area contributed by atoms with Crippen LogP contribution in [0.4, 0.5) is 13.2 Å². The molecule has 0 bridgehead atoms. The third-order valence-electron chi connectivity index (χ3n) is 4.06. The molecule has 0 radical (unpaired) electrons. The van der Waals surface area contributed by atoms with Crippen LogP contribution in [0, 0.1) is 0 Å². The van der Waals surface area contributed by atoms with Crippen LogP contribution in [-0.4, -0.2) is 12.4 Å². The van der Waals surface area contributed by atoms with Crippen molar-refractivity contribution in [1.29, 1.82) is 0 Å². The number of rotatable bonds is 4. The first kappa shape index (κ1) is 16.6. The lowest BCUT2D eigenvalue weighted by Gasteiger charge is -2.17. The van der Waals surface area contributed by atoms with Crippen LogP contribution in [0.2, 0.25) is 0 Å². The van der Waals surface area contributed by atoms with Gasteiger partial charge in [-0.2, -0.15) is 13.2 Å². The Morgan fingerprint density at radius 2 is 1.67 bits per heavy atom. The fourth-order valence-electron chi connectivity index (χ4n) is 2.85. The summed E-state index contributed by atoms with van der Waals surface area (Å²) in [7, 11) is 0. The molecule has 0 fully saturated rings. The summed E-state index contributed by atoms with van der Waals surface area (Å²) in [5.74, 6) is 0.853. The highest BCUT2D eigenvalue weighted by atomic mass is 19.4. The SMILES string of the molecule is O=C(Cc1ccc(C(F)(F)F)cc1)Cc1ccc2c(c1)CCCO2. The number of benzene rings is 2. The lowest BCUT2D eigenvalue weighted by Crippen LogP contribution is -2.11. The Kier molecular flexibility index (Phi) is 4.60. The van der Waals surface area contributed by atoms with Crippen molar-refractivity contribution < 1.29 is 22.7 Å². The number of ketones is 1. The van der Waals surface area contributed by atoms with Gasteiger partial charge in [-0.05, 0) is 47.7 Å². The molecule has 0 N–H and O–H groups in total. The molecule has 2 aromatic rings. The lowest BCUT2D eigenvalue weighted by atomic mass is 9.98. The maximum Gasteiger partial charge on any atom is 0.416 e. The highest BCUT2D eigenvalue weighted by Crippen LogP contribution is 2.29. The molecule has 3 rings (SSSR count). The number of carbonyl (C=O) groups excluding carboxylic acids is 1. The number of hydrogen-bond donors (Lipinski definition) is 0. The maximum atomic E-state index is 12.5. The molecule has 1 aliphatic rings. The average Bonchev–Trinajstić information content (AvgIpc) is 2.54. The Hall–Kier alpha value is -2.30. The summed E-state index contributed by atoms with van der Waals surface area (Å²) in [5, 5.41) is 0. The van der Waals surface area contributed by atoms with E-state index >= 15 is 0 Å². The van der Waals surface area contributed by atoms with Gasteiger partial charge in [0.1, 0.15) is 11.5 Å². The van der Waals surface area contributed by atoms with E-state index in [1.165, 1.54) is 12.1 Å². The van der Waals surface area contributed by atoms with Crippen LogP contribution in [0.5, 0.6) is 5.75 Å². The molecule has 126 valence electrons. The number of ether oxygens (including phenoxy) is 1. The Bertz CT molecular complexity index is 733. The van der Waals surface area contributed by atoms with Crippen molar-refractivity contribution in [2.45, 2.75) is 31.9 Å². The first-order chi connectivity index (χ1) is 11.4. The van der Waals surface area contributed by atoms with Crippen molar-refractivity contribution in [2.75, 3.05) is 6.61 Å². The largest absolute Gasteiger partial charge is 0.493 e. The molecule has 1 heterocycles. The second-order valence-corrected chi connectivity index (χ2v) is 5.98. The number of alkyl halides is 3. The Labute approximate surface area is 138 Å². The van der Waals surface area contributed by atoms with Crippen molar-refractivity contribution in [3.63, 3.8) is 0 Å². The minimum absolute atomic E-state index is 0.0218. The van der Waals surface area contributed by atoms with Gasteiger partial charge in [0.2, 0.25) is 0 Å². The smallest absolute Gasteiger partial charge is 0.416 e. The molecule has 0 spiro atoms. The summed E-state index contributed by atoms with van der Waals surface area (Å²) in [6, 6.07) is 10.5. The van der Waals surface area contributed by atoms with Crippen LogP contribution < -0.4 is 4.74 Å². The molecular weight excluding hydrogens is 317 g/mol. The third kappa shape index (κ3) is 3.96. The van der Waals surface area contributed by atoms with E-state index in [-0.39, 0.29) is 18.6 Å². The standard InChI is InChI=1S/C19H17F3O2/c20-19(21,22)16-6-3-13(4-7-16)11-17(23)12-14-5-8-18-15(10-14)2-1-9-24-18/h3-8,10H,1-2,9,11-12H2. The topological polar surface area (TPSA) is 26.3 Å². The van der Waals surface area contributed by atoms with Crippen molar-refractivity contribution >= 4 is 5.78 Å². The molecule has 0 amide bonds. The normalized spacial score (nSPS) is 14.0. The van der Waals surface area contributed by atoms with Gasteiger partial charge in [0.05, 0.1) is 12.2 Å². The molecule has 0 aromatic heterocycles. The number of aryl methyl sites for hydroxylation is 1. The van der Waals surface area contributed by atoms with Crippen LogP contribution in [0.3, 0.4) is 0 Å². The second-order valence-electron chi connectivity index (χ2n) is 5.98. The Morgan fingerprint density at radius 3 is 2.38 bits per heavy atom. The van der Waals surface area contributed by atoms with Gasteiger partial charge in [-0.15, -0.1) is 0 Å². The summed E-state index contributed by atoms with van der Waals surface area (Å²) in [4.78, 5) is 12.2. The van der Waals surface area contributed by atoms with Gasteiger partial charge in [-0.25, -0.2) is 0 Å². The van der Waals surface area contributed by atoms with Crippen molar-refractivity contribution in [1.82, 2.24) is 0 Å². The highest BCUT2D eigenvalue weighted by molar-refractivity contribution is 5.83. The number of hydrogen-bond acceptors (Lipinski definition) is 2. The summed E-state index contributed by atoms with van der Waals surface area (Å²) in [5.41, 5.74) is 1.92. The molecule has 0 aliphatic carbocycles. The minimum atomic E-state index is -4.35. The number of fused-ring (bicyclic) bond motifs is 1. The lowest BCUT2D eigenvalue weighted by molar-refractivity contribution is -0.137. The van der Waals surface area contributed by atoms with Crippen molar-refractivity contribution in [3.05, 3.63) is 64.7 Å². The summed E-state index contributed by atoms with van der Waals surface area (Å²) in [6.07, 6.45) is -2.04. The molecule has 0 saturated carbocycles. The zero-order valence-corrected chi connectivity index (χ0v) is 13.0. The van der Waals surface area contributed by atoms with E-state index in [4.69, 9.17) is 4.74 Å². The van der Waals surface area contributed by atoms with E-state index in [0.717, 1.165) is 48.5 Å². The fourth-order valence-corrected chi connectivity index (χ4v) is 2.85. The molecule has 2 nitrogen and oxygen atoms in total. The first-order valence-corrected chi connectivity index (χ1v) is 7.84. The molecule has 0 unspecified atom stereocenters. The number of halogens is 3. The van der Waals surface area contributed by atoms with Gasteiger partial charge < -0.3 is 4.74 Å². The molecule has 1 aliphatic heterocycles. The van der Waals surface area contributed by atoms with Gasteiger partial charge in [0.25, 0.3) is 0 Å². The number of carbonyl (C=O) groups is 1. The van der Waals surface area contributed by atoms with Gasteiger partial charge >= 0.3 is 6.18 Å². The molecule has 0 atom stereocenters. The predicted octanol–water partition coefficient (Wildman–Crippen LogP) is 4.38. The second kappa shape index (κ2) is 6.67. The minimum Gasteiger partial charge on any atom is -0.493 e. The van der Waals surface area contributed by atoms with Crippen LogP contribution in [-0.2, 0) is 30.2 Å². The van der Waals surface area contributed by atoms with Gasteiger partial charge in [-0.1, -0.05) is 24.3 Å². The monoisotopic (exact) mass is 334 g/mol. The highest BCUT2D eigenvalue weighted by Gasteiger charge is 2.29. The zero-order valence-electron chi connectivity index (χ0n) is 13.0. The fraction of sp³-hybridized carbons (Fsp3) is 0.316. The zero-order chi connectivity index (χ0) is 17.2. The average molecular weight is 334 g/mol. The van der Waals surface area contributed by atoms with Gasteiger partial charge in [-0.3, -0.25) is 4.79 Å². The molecule has 24 heavy (non-hydrogen) atoms. The molecule has 5 heteroatoms. The van der Waals surface area contributed by atoms with Gasteiger partial charge in [0.15, 0.2) is 0 Å². The first-order valence-electron chi connectivity index (χ1n) is 7.84. The van der Waals surface area contributed by atoms with Crippen molar-refractivity contribution in [3.8, 4) is 5.75 Å². The summed E-state index contributed by atoms with van der Waals surface area (Å²) >= 11 is 0. The maximum absolute atomic E-state index is 12.5. The quantitative estimate of drug-likeness (QED) is 0.829. The van der Waals surface area contributed by atoms with E-state index in [2.05, 4.69) is 0 Å². The van der Waals surface area contributed by atoms with E-state index < -0.39 is 11.7 Å². The number of Topliss-reactive ketones (excluding diaryl/α,β-unsaturated/α-hetero) is 1. The predicted molar refractivity (Wildman–Crippen MR) is 84.1 cm³/mol. The summed E-state index contributed by atoms with van der Waals surface area (Å²) in [6.45, 7) is 0.721. The molecular formula is C19H17F3O2. The van der Waals surface area contributed by atoms with E-state index in [1.807, 2.05) is 18.2 Å².